The number of nitrogens with one attached hydrogen (secondary N) is 1. The molecule has 1 atom stereocenters. The first-order chi connectivity index (χ1) is 14.3. The summed E-state index contributed by atoms with van der Waals surface area (Å²) in [6, 6.07) is 7.56. The van der Waals surface area contributed by atoms with Crippen molar-refractivity contribution in [2.24, 2.45) is 5.16 Å². The third-order valence-electron chi connectivity index (χ3n) is 4.72. The highest BCUT2D eigenvalue weighted by Gasteiger charge is 2.30. The Morgan fingerprint density at radius 2 is 1.93 bits per heavy atom. The number of hydrogen-bond donors (Lipinski definition) is 1. The second kappa shape index (κ2) is 9.21. The molecule has 0 spiro atoms. The topological polar surface area (TPSA) is 71.0 Å². The van der Waals surface area contributed by atoms with E-state index in [0.29, 0.717) is 24.3 Å². The highest BCUT2D eigenvalue weighted by Crippen LogP contribution is 2.24. The first kappa shape index (κ1) is 21.7. The van der Waals surface area contributed by atoms with Gasteiger partial charge < -0.3 is 15.1 Å². The van der Waals surface area contributed by atoms with Gasteiger partial charge in [-0.2, -0.15) is 0 Å². The van der Waals surface area contributed by atoms with E-state index in [0.717, 1.165) is 18.2 Å². The first-order valence-corrected chi connectivity index (χ1v) is 9.79. The molecule has 2 aromatic rings. The van der Waals surface area contributed by atoms with E-state index in [4.69, 9.17) is 16.4 Å². The third kappa shape index (κ3) is 4.59. The fraction of sp³-hybridized carbons (Fsp3) is 0.286. The lowest BCUT2D eigenvalue weighted by atomic mass is 10.0. The number of halogens is 3. The zero-order valence-electron chi connectivity index (χ0n) is 16.4. The molecule has 2 amide bonds. The van der Waals surface area contributed by atoms with E-state index < -0.39 is 23.6 Å². The highest BCUT2D eigenvalue weighted by molar-refractivity contribution is 6.34. The molecule has 0 saturated carbocycles. The van der Waals surface area contributed by atoms with Crippen LogP contribution in [0, 0.1) is 11.6 Å². The van der Waals surface area contributed by atoms with Crippen molar-refractivity contribution in [3.05, 3.63) is 64.2 Å². The molecule has 30 heavy (non-hydrogen) atoms. The summed E-state index contributed by atoms with van der Waals surface area (Å²) in [5.74, 6) is -1.99. The summed E-state index contributed by atoms with van der Waals surface area (Å²) in [6.07, 6.45) is -1.02. The number of hydrogen-bond acceptors (Lipinski definition) is 4. The lowest BCUT2D eigenvalue weighted by Crippen LogP contribution is -2.31. The number of benzene rings is 2. The van der Waals surface area contributed by atoms with E-state index in [-0.39, 0.29) is 28.6 Å². The lowest BCUT2D eigenvalue weighted by molar-refractivity contribution is -0.125. The number of anilines is 1. The normalized spacial score (nSPS) is 15.4. The van der Waals surface area contributed by atoms with Gasteiger partial charge in [0.15, 0.2) is 0 Å². The van der Waals surface area contributed by atoms with Crippen LogP contribution in [-0.4, -0.2) is 41.6 Å². The predicted octanol–water partition coefficient (Wildman–Crippen LogP) is 4.23. The minimum Gasteiger partial charge on any atom is -0.382 e. The molecule has 0 radical (unpaired) electrons. The number of rotatable bonds is 6. The summed E-state index contributed by atoms with van der Waals surface area (Å²) >= 11 is 6.23. The maximum Gasteiger partial charge on any atom is 0.268 e. The number of oxime groups is 1. The fourth-order valence-electron chi connectivity index (χ4n) is 3.07. The predicted molar refractivity (Wildman–Crippen MR) is 110 cm³/mol. The molecule has 0 fully saturated rings. The molecule has 1 heterocycles. The molecule has 1 aliphatic heterocycles. The van der Waals surface area contributed by atoms with Gasteiger partial charge in [0.25, 0.3) is 11.8 Å². The molecule has 1 N–H and O–H groups in total. The van der Waals surface area contributed by atoms with Crippen molar-refractivity contribution < 1.29 is 23.2 Å². The second-order valence-electron chi connectivity index (χ2n) is 6.62. The largest absolute Gasteiger partial charge is 0.382 e. The Bertz CT molecular complexity index is 1010. The van der Waals surface area contributed by atoms with E-state index >= 15 is 0 Å². The van der Waals surface area contributed by atoms with E-state index in [1.165, 1.54) is 12.1 Å². The zero-order chi connectivity index (χ0) is 21.8. The fourth-order valence-corrected chi connectivity index (χ4v) is 3.33. The van der Waals surface area contributed by atoms with E-state index in [2.05, 4.69) is 10.5 Å². The lowest BCUT2D eigenvalue weighted by Gasteiger charge is -2.19. The van der Waals surface area contributed by atoms with E-state index in [1.807, 2.05) is 13.8 Å². The van der Waals surface area contributed by atoms with Gasteiger partial charge in [-0.05, 0) is 50.2 Å². The molecule has 0 aliphatic carbocycles. The van der Waals surface area contributed by atoms with E-state index in [9.17, 15) is 18.4 Å². The van der Waals surface area contributed by atoms with Crippen molar-refractivity contribution in [3.63, 3.8) is 0 Å². The second-order valence-corrected chi connectivity index (χ2v) is 7.03. The smallest absolute Gasteiger partial charge is 0.268 e. The number of amides is 2. The Hall–Kier alpha value is -3.00. The number of carbonyl (C=O) groups excluding carboxylic acids is 2. The average molecular weight is 436 g/mol. The molecule has 1 aliphatic rings. The Morgan fingerprint density at radius 3 is 2.60 bits per heavy atom. The van der Waals surface area contributed by atoms with Crippen molar-refractivity contribution >= 4 is 34.8 Å². The van der Waals surface area contributed by atoms with Crippen LogP contribution in [0.25, 0.3) is 0 Å². The van der Waals surface area contributed by atoms with Crippen molar-refractivity contribution in [3.8, 4) is 0 Å². The minimum absolute atomic E-state index is 0.0154. The molecule has 2 aromatic carbocycles. The van der Waals surface area contributed by atoms with Crippen LogP contribution >= 0.6 is 11.6 Å². The summed E-state index contributed by atoms with van der Waals surface area (Å²) in [7, 11) is 0. The van der Waals surface area contributed by atoms with Crippen molar-refractivity contribution in [2.75, 3.05) is 18.4 Å². The molecule has 0 saturated heterocycles. The van der Waals surface area contributed by atoms with Gasteiger partial charge in [0, 0.05) is 30.8 Å². The SMILES string of the molecule is CCN(CC)C(=O)c1ccc(NC(=O)C2CC(c3cc(F)ccc3F)=NO2)cc1Cl. The summed E-state index contributed by atoms with van der Waals surface area (Å²) in [6.45, 7) is 4.85. The summed E-state index contributed by atoms with van der Waals surface area (Å²) < 4.78 is 27.3. The van der Waals surface area contributed by atoms with E-state index in [1.54, 1.807) is 11.0 Å². The van der Waals surface area contributed by atoms with Crippen LogP contribution in [0.2, 0.25) is 5.02 Å². The van der Waals surface area contributed by atoms with Crippen molar-refractivity contribution in [1.82, 2.24) is 4.90 Å². The Kier molecular flexibility index (Phi) is 6.66. The van der Waals surface area contributed by atoms with Gasteiger partial charge in [0.05, 0.1) is 16.3 Å². The quantitative estimate of drug-likeness (QED) is 0.738. The van der Waals surface area contributed by atoms with Crippen LogP contribution in [0.3, 0.4) is 0 Å². The van der Waals surface area contributed by atoms with Crippen LogP contribution in [0.1, 0.15) is 36.2 Å². The summed E-state index contributed by atoms with van der Waals surface area (Å²) in [5.41, 5.74) is 0.802. The van der Waals surface area contributed by atoms with Crippen molar-refractivity contribution in [2.45, 2.75) is 26.4 Å². The van der Waals surface area contributed by atoms with Crippen LogP contribution in [0.4, 0.5) is 14.5 Å². The Morgan fingerprint density at radius 1 is 1.20 bits per heavy atom. The molecule has 1 unspecified atom stereocenters. The molecule has 9 heteroatoms. The van der Waals surface area contributed by atoms with Gasteiger partial charge in [-0.25, -0.2) is 8.78 Å². The molecule has 6 nitrogen and oxygen atoms in total. The highest BCUT2D eigenvalue weighted by atomic mass is 35.5. The standard InChI is InChI=1S/C21H20ClF2N3O3/c1-3-27(4-2)21(29)14-7-6-13(10-16(14)22)25-20(28)19-11-18(26-30-19)15-9-12(23)5-8-17(15)24/h5-10,19H,3-4,11H2,1-2H3,(H,25,28). The van der Waals surface area contributed by atoms with Crippen LogP contribution in [0.15, 0.2) is 41.6 Å². The van der Waals surface area contributed by atoms with Crippen LogP contribution in [-0.2, 0) is 9.63 Å². The summed E-state index contributed by atoms with van der Waals surface area (Å²) in [4.78, 5) is 31.7. The van der Waals surface area contributed by atoms with Crippen LogP contribution in [0.5, 0.6) is 0 Å². The Balaban J connectivity index is 1.66. The van der Waals surface area contributed by atoms with Crippen LogP contribution < -0.4 is 5.32 Å². The van der Waals surface area contributed by atoms with Gasteiger partial charge in [-0.1, -0.05) is 16.8 Å². The molecule has 0 bridgehead atoms. The maximum absolute atomic E-state index is 13.9. The molecule has 0 aromatic heterocycles. The monoisotopic (exact) mass is 435 g/mol. The molecule has 158 valence electrons. The van der Waals surface area contributed by atoms with Gasteiger partial charge in [0.2, 0.25) is 6.10 Å². The minimum atomic E-state index is -1.00. The summed E-state index contributed by atoms with van der Waals surface area (Å²) in [5, 5.41) is 6.55. The first-order valence-electron chi connectivity index (χ1n) is 9.41. The third-order valence-corrected chi connectivity index (χ3v) is 5.03. The average Bonchev–Trinajstić information content (AvgIpc) is 3.21. The Labute approximate surface area is 177 Å². The molecular weight excluding hydrogens is 416 g/mol. The molecular formula is C21H20ClF2N3O3. The zero-order valence-corrected chi connectivity index (χ0v) is 17.2. The number of carbonyl (C=O) groups is 2. The van der Waals surface area contributed by atoms with Gasteiger partial charge in [0.1, 0.15) is 11.6 Å². The molecule has 3 rings (SSSR count). The van der Waals surface area contributed by atoms with Crippen molar-refractivity contribution in [1.29, 1.82) is 0 Å². The number of nitrogens with zero attached hydrogens (tertiary/aromatic N) is 2. The van der Waals surface area contributed by atoms with Gasteiger partial charge in [-0.3, -0.25) is 9.59 Å². The van der Waals surface area contributed by atoms with Gasteiger partial charge in [-0.15, -0.1) is 0 Å². The maximum atomic E-state index is 13.9. The van der Waals surface area contributed by atoms with Gasteiger partial charge >= 0.3 is 0 Å².